The lowest BCUT2D eigenvalue weighted by Crippen LogP contribution is -2.41. The standard InChI is InChI=1S/C18H21N3O2/c1-18(2,3)20-16(22)15-12-13(10-11-19-15)17(23)21(4)14-8-6-5-7-9-14/h5-12H,1-4H3,(H,20,22). The summed E-state index contributed by atoms with van der Waals surface area (Å²) in [5.41, 5.74) is 1.08. The highest BCUT2D eigenvalue weighted by Gasteiger charge is 2.19. The van der Waals surface area contributed by atoms with Crippen molar-refractivity contribution in [1.29, 1.82) is 0 Å². The molecule has 0 unspecified atom stereocenters. The summed E-state index contributed by atoms with van der Waals surface area (Å²) in [6.07, 6.45) is 1.48. The van der Waals surface area contributed by atoms with Crippen LogP contribution >= 0.6 is 0 Å². The third kappa shape index (κ3) is 4.39. The maximum atomic E-state index is 12.6. The molecule has 0 aliphatic rings. The molecule has 0 atom stereocenters. The third-order valence-electron chi connectivity index (χ3n) is 3.18. The molecule has 2 aromatic rings. The number of nitrogens with one attached hydrogen (secondary N) is 1. The van der Waals surface area contributed by atoms with Crippen molar-refractivity contribution in [3.8, 4) is 0 Å². The number of carbonyl (C=O) groups excluding carboxylic acids is 2. The summed E-state index contributed by atoms with van der Waals surface area (Å²) in [5.74, 6) is -0.488. The fraction of sp³-hybridized carbons (Fsp3) is 0.278. The first-order valence-electron chi connectivity index (χ1n) is 7.39. The summed E-state index contributed by atoms with van der Waals surface area (Å²) in [4.78, 5) is 30.3. The van der Waals surface area contributed by atoms with Gasteiger partial charge in [0.05, 0.1) is 0 Å². The smallest absolute Gasteiger partial charge is 0.270 e. The number of carbonyl (C=O) groups is 2. The first-order valence-corrected chi connectivity index (χ1v) is 7.39. The molecule has 5 heteroatoms. The van der Waals surface area contributed by atoms with Crippen molar-refractivity contribution in [3.63, 3.8) is 0 Å². The molecule has 23 heavy (non-hydrogen) atoms. The molecule has 0 spiro atoms. The van der Waals surface area contributed by atoms with Crippen LogP contribution in [0.25, 0.3) is 0 Å². The van der Waals surface area contributed by atoms with Crippen molar-refractivity contribution >= 4 is 17.5 Å². The molecular weight excluding hydrogens is 290 g/mol. The lowest BCUT2D eigenvalue weighted by atomic mass is 10.1. The second kappa shape index (κ2) is 6.60. The van der Waals surface area contributed by atoms with E-state index in [1.54, 1.807) is 18.0 Å². The van der Waals surface area contributed by atoms with E-state index in [1.165, 1.54) is 12.3 Å². The molecule has 2 rings (SSSR count). The number of hydrogen-bond donors (Lipinski definition) is 1. The third-order valence-corrected chi connectivity index (χ3v) is 3.18. The SMILES string of the molecule is CN(C(=O)c1ccnc(C(=O)NC(C)(C)C)c1)c1ccccc1. The molecule has 1 heterocycles. The Kier molecular flexibility index (Phi) is 4.79. The van der Waals surface area contributed by atoms with E-state index < -0.39 is 0 Å². The summed E-state index contributed by atoms with van der Waals surface area (Å²) in [5, 5.41) is 2.84. The predicted octanol–water partition coefficient (Wildman–Crippen LogP) is 2.89. The summed E-state index contributed by atoms with van der Waals surface area (Å²) in [6, 6.07) is 12.5. The lowest BCUT2D eigenvalue weighted by molar-refractivity contribution is 0.0914. The molecular formula is C18H21N3O2. The molecule has 0 radical (unpaired) electrons. The van der Waals surface area contributed by atoms with E-state index in [9.17, 15) is 9.59 Å². The van der Waals surface area contributed by atoms with E-state index in [-0.39, 0.29) is 23.0 Å². The van der Waals surface area contributed by atoms with Gasteiger partial charge in [-0.3, -0.25) is 14.6 Å². The van der Waals surface area contributed by atoms with Gasteiger partial charge >= 0.3 is 0 Å². The van der Waals surface area contributed by atoms with Gasteiger partial charge in [-0.1, -0.05) is 18.2 Å². The zero-order valence-electron chi connectivity index (χ0n) is 13.8. The average Bonchev–Trinajstić information content (AvgIpc) is 2.53. The maximum Gasteiger partial charge on any atom is 0.270 e. The Labute approximate surface area is 136 Å². The molecule has 0 aliphatic carbocycles. The van der Waals surface area contributed by atoms with Gasteiger partial charge in [0.25, 0.3) is 11.8 Å². The molecule has 1 aromatic carbocycles. The van der Waals surface area contributed by atoms with Gasteiger partial charge in [-0.05, 0) is 45.0 Å². The number of aromatic nitrogens is 1. The number of hydrogen-bond acceptors (Lipinski definition) is 3. The van der Waals surface area contributed by atoms with Crippen LogP contribution in [-0.2, 0) is 0 Å². The Morgan fingerprint density at radius 3 is 2.35 bits per heavy atom. The van der Waals surface area contributed by atoms with Gasteiger partial charge < -0.3 is 10.2 Å². The number of pyridine rings is 1. The number of anilines is 1. The summed E-state index contributed by atoms with van der Waals surface area (Å²) in [7, 11) is 1.70. The highest BCUT2D eigenvalue weighted by atomic mass is 16.2. The Bertz CT molecular complexity index is 706. The second-order valence-electron chi connectivity index (χ2n) is 6.33. The van der Waals surface area contributed by atoms with Crippen LogP contribution in [0.2, 0.25) is 0 Å². The van der Waals surface area contributed by atoms with Crippen LogP contribution in [0.5, 0.6) is 0 Å². The molecule has 1 N–H and O–H groups in total. The van der Waals surface area contributed by atoms with Gasteiger partial charge in [0.2, 0.25) is 0 Å². The van der Waals surface area contributed by atoms with Crippen LogP contribution in [0, 0.1) is 0 Å². The predicted molar refractivity (Wildman–Crippen MR) is 90.6 cm³/mol. The van der Waals surface area contributed by atoms with Crippen molar-refractivity contribution in [1.82, 2.24) is 10.3 Å². The maximum absolute atomic E-state index is 12.6. The van der Waals surface area contributed by atoms with Gasteiger partial charge in [-0.15, -0.1) is 0 Å². The van der Waals surface area contributed by atoms with Crippen molar-refractivity contribution in [2.45, 2.75) is 26.3 Å². The fourth-order valence-electron chi connectivity index (χ4n) is 2.05. The molecule has 0 bridgehead atoms. The van der Waals surface area contributed by atoms with E-state index in [1.807, 2.05) is 51.1 Å². The van der Waals surface area contributed by atoms with Crippen molar-refractivity contribution < 1.29 is 9.59 Å². The molecule has 5 nitrogen and oxygen atoms in total. The first-order chi connectivity index (χ1) is 10.8. The summed E-state index contributed by atoms with van der Waals surface area (Å²) < 4.78 is 0. The number of rotatable bonds is 3. The van der Waals surface area contributed by atoms with Gasteiger partial charge in [-0.25, -0.2) is 0 Å². The number of benzene rings is 1. The molecule has 0 aliphatic heterocycles. The van der Waals surface area contributed by atoms with Crippen LogP contribution in [-0.4, -0.2) is 29.4 Å². The normalized spacial score (nSPS) is 11.0. The monoisotopic (exact) mass is 311 g/mol. The van der Waals surface area contributed by atoms with Crippen LogP contribution in [0.4, 0.5) is 5.69 Å². The molecule has 120 valence electrons. The minimum absolute atomic E-state index is 0.191. The quantitative estimate of drug-likeness (QED) is 0.948. The number of nitrogens with zero attached hydrogens (tertiary/aromatic N) is 2. The van der Waals surface area contributed by atoms with Gasteiger partial charge in [0.1, 0.15) is 5.69 Å². The van der Waals surface area contributed by atoms with Gasteiger partial charge in [-0.2, -0.15) is 0 Å². The number of amides is 2. The Morgan fingerprint density at radius 1 is 1.09 bits per heavy atom. The average molecular weight is 311 g/mol. The largest absolute Gasteiger partial charge is 0.346 e. The van der Waals surface area contributed by atoms with Crippen molar-refractivity contribution in [3.05, 3.63) is 59.9 Å². The minimum atomic E-state index is -0.362. The van der Waals surface area contributed by atoms with E-state index in [2.05, 4.69) is 10.3 Å². The van der Waals surface area contributed by atoms with Crippen LogP contribution in [0.15, 0.2) is 48.7 Å². The Balaban J connectivity index is 2.22. The molecule has 0 saturated carbocycles. The first kappa shape index (κ1) is 16.7. The summed E-state index contributed by atoms with van der Waals surface area (Å²) >= 11 is 0. The number of para-hydroxylation sites is 1. The van der Waals surface area contributed by atoms with E-state index in [0.717, 1.165) is 5.69 Å². The summed E-state index contributed by atoms with van der Waals surface area (Å²) in [6.45, 7) is 5.68. The van der Waals surface area contributed by atoms with Crippen LogP contribution < -0.4 is 10.2 Å². The van der Waals surface area contributed by atoms with Gasteiger partial charge in [0, 0.05) is 30.0 Å². The Hall–Kier alpha value is -2.69. The van der Waals surface area contributed by atoms with E-state index in [4.69, 9.17) is 0 Å². The highest BCUT2D eigenvalue weighted by molar-refractivity contribution is 6.07. The van der Waals surface area contributed by atoms with E-state index in [0.29, 0.717) is 5.56 Å². The minimum Gasteiger partial charge on any atom is -0.346 e. The zero-order valence-corrected chi connectivity index (χ0v) is 13.8. The highest BCUT2D eigenvalue weighted by Crippen LogP contribution is 2.15. The van der Waals surface area contributed by atoms with Crippen LogP contribution in [0.3, 0.4) is 0 Å². The van der Waals surface area contributed by atoms with Gasteiger partial charge in [0.15, 0.2) is 0 Å². The van der Waals surface area contributed by atoms with E-state index >= 15 is 0 Å². The molecule has 1 aromatic heterocycles. The fourth-order valence-corrected chi connectivity index (χ4v) is 2.05. The van der Waals surface area contributed by atoms with Crippen molar-refractivity contribution in [2.75, 3.05) is 11.9 Å². The molecule has 0 saturated heterocycles. The Morgan fingerprint density at radius 2 is 1.74 bits per heavy atom. The second-order valence-corrected chi connectivity index (χ2v) is 6.33. The van der Waals surface area contributed by atoms with Crippen LogP contribution in [0.1, 0.15) is 41.6 Å². The lowest BCUT2D eigenvalue weighted by Gasteiger charge is -2.20. The zero-order chi connectivity index (χ0) is 17.0. The topological polar surface area (TPSA) is 62.3 Å². The molecule has 2 amide bonds. The van der Waals surface area contributed by atoms with Crippen molar-refractivity contribution in [2.24, 2.45) is 0 Å². The molecule has 0 fully saturated rings.